The number of sulfonamides is 1. The number of nitrogens with zero attached hydrogens (tertiary/aromatic N) is 1. The lowest BCUT2D eigenvalue weighted by Crippen LogP contribution is -2.38. The van der Waals surface area contributed by atoms with Gasteiger partial charge in [0.05, 0.1) is 10.9 Å². The number of amides is 1. The number of primary amides is 1. The lowest BCUT2D eigenvalue weighted by molar-refractivity contribution is -0.119. The van der Waals surface area contributed by atoms with Gasteiger partial charge >= 0.3 is 0 Å². The van der Waals surface area contributed by atoms with E-state index in [9.17, 15) is 13.2 Å². The first-order chi connectivity index (χ1) is 13.7. The van der Waals surface area contributed by atoms with E-state index in [1.807, 2.05) is 37.2 Å². The van der Waals surface area contributed by atoms with E-state index in [2.05, 4.69) is 4.72 Å². The molecule has 0 bridgehead atoms. The summed E-state index contributed by atoms with van der Waals surface area (Å²) < 4.78 is 28.7. The summed E-state index contributed by atoms with van der Waals surface area (Å²) in [6, 6.07) is 16.7. The van der Waals surface area contributed by atoms with E-state index in [-0.39, 0.29) is 4.90 Å². The number of nitrogens with two attached hydrogens (primary N) is 2. The molecule has 0 aromatic heterocycles. The average molecular weight is 413 g/mol. The van der Waals surface area contributed by atoms with Gasteiger partial charge in [0.15, 0.2) is 0 Å². The van der Waals surface area contributed by atoms with Crippen molar-refractivity contribution in [3.05, 3.63) is 66.2 Å². The summed E-state index contributed by atoms with van der Waals surface area (Å²) in [5.41, 5.74) is 13.0. The normalized spacial score (nSPS) is 12.5. The SMILES string of the molecule is CN(C)c1cccc2c(S(=O)(=O)Nc3ccc(CC(N)C(N)=O)cc3)cccc12. The van der Waals surface area contributed by atoms with Crippen LogP contribution >= 0.6 is 0 Å². The molecule has 3 aromatic rings. The third-order valence-corrected chi connectivity index (χ3v) is 6.10. The molecule has 1 unspecified atom stereocenters. The minimum Gasteiger partial charge on any atom is -0.377 e. The number of rotatable bonds is 7. The zero-order chi connectivity index (χ0) is 21.2. The second kappa shape index (κ2) is 8.10. The standard InChI is InChI=1S/C21H24N4O3S/c1-25(2)19-7-3-6-17-16(19)5-4-8-20(17)29(27,28)24-15-11-9-14(10-12-15)13-18(22)21(23)26/h3-12,18,24H,13,22H2,1-2H3,(H2,23,26). The Labute approximate surface area is 170 Å². The fourth-order valence-corrected chi connectivity index (χ4v) is 4.44. The highest BCUT2D eigenvalue weighted by molar-refractivity contribution is 7.93. The molecule has 7 nitrogen and oxygen atoms in total. The van der Waals surface area contributed by atoms with E-state index < -0.39 is 22.0 Å². The smallest absolute Gasteiger partial charge is 0.262 e. The fourth-order valence-electron chi connectivity index (χ4n) is 3.16. The Balaban J connectivity index is 1.90. The summed E-state index contributed by atoms with van der Waals surface area (Å²) in [4.78, 5) is 13.2. The lowest BCUT2D eigenvalue weighted by atomic mass is 10.1. The van der Waals surface area contributed by atoms with E-state index in [4.69, 9.17) is 11.5 Å². The first-order valence-corrected chi connectivity index (χ1v) is 10.5. The van der Waals surface area contributed by atoms with Crippen LogP contribution in [0.1, 0.15) is 5.56 Å². The van der Waals surface area contributed by atoms with E-state index in [1.165, 1.54) is 0 Å². The van der Waals surface area contributed by atoms with Crippen LogP contribution in [0.2, 0.25) is 0 Å². The van der Waals surface area contributed by atoms with Gasteiger partial charge in [-0.3, -0.25) is 9.52 Å². The van der Waals surface area contributed by atoms with E-state index in [0.717, 1.165) is 16.6 Å². The van der Waals surface area contributed by atoms with Crippen LogP contribution in [0.15, 0.2) is 65.6 Å². The van der Waals surface area contributed by atoms with Crippen LogP contribution in [-0.4, -0.2) is 34.5 Å². The summed E-state index contributed by atoms with van der Waals surface area (Å²) in [7, 11) is 0.0340. The third kappa shape index (κ3) is 4.49. The van der Waals surface area contributed by atoms with Gasteiger partial charge in [-0.25, -0.2) is 8.42 Å². The van der Waals surface area contributed by atoms with Crippen molar-refractivity contribution in [1.29, 1.82) is 0 Å². The Morgan fingerprint density at radius 2 is 1.62 bits per heavy atom. The van der Waals surface area contributed by atoms with E-state index in [0.29, 0.717) is 17.5 Å². The summed E-state index contributed by atoms with van der Waals surface area (Å²) in [5.74, 6) is -0.581. The minimum atomic E-state index is -3.80. The number of nitrogens with one attached hydrogen (secondary N) is 1. The lowest BCUT2D eigenvalue weighted by Gasteiger charge is -2.17. The summed E-state index contributed by atoms with van der Waals surface area (Å²) in [6.07, 6.45) is 0.291. The molecule has 3 aromatic carbocycles. The Kier molecular flexibility index (Phi) is 5.76. The van der Waals surface area contributed by atoms with Crippen LogP contribution in [0, 0.1) is 0 Å². The molecule has 0 aliphatic carbocycles. The van der Waals surface area contributed by atoms with Crippen LogP contribution in [0.4, 0.5) is 11.4 Å². The van der Waals surface area contributed by atoms with Crippen molar-refractivity contribution in [2.24, 2.45) is 11.5 Å². The molecule has 0 aliphatic rings. The van der Waals surface area contributed by atoms with Crippen molar-refractivity contribution < 1.29 is 13.2 Å². The van der Waals surface area contributed by atoms with Gasteiger partial charge in [0.2, 0.25) is 5.91 Å². The average Bonchev–Trinajstić information content (AvgIpc) is 2.68. The summed E-state index contributed by atoms with van der Waals surface area (Å²) >= 11 is 0. The molecule has 1 atom stereocenters. The fraction of sp³-hybridized carbons (Fsp3) is 0.190. The van der Waals surface area contributed by atoms with Gasteiger partial charge in [0, 0.05) is 36.2 Å². The van der Waals surface area contributed by atoms with Gasteiger partial charge in [-0.05, 0) is 36.2 Å². The molecule has 0 spiro atoms. The quantitative estimate of drug-likeness (QED) is 0.549. The third-order valence-electron chi connectivity index (χ3n) is 4.66. The molecule has 8 heteroatoms. The maximum absolute atomic E-state index is 13.0. The van der Waals surface area contributed by atoms with Crippen molar-refractivity contribution in [2.45, 2.75) is 17.4 Å². The molecule has 3 rings (SSSR count). The van der Waals surface area contributed by atoms with Crippen LogP contribution in [-0.2, 0) is 21.2 Å². The second-order valence-electron chi connectivity index (χ2n) is 7.04. The zero-order valence-electron chi connectivity index (χ0n) is 16.3. The number of carbonyl (C=O) groups is 1. The molecule has 152 valence electrons. The van der Waals surface area contributed by atoms with Gasteiger partial charge in [0.1, 0.15) is 0 Å². The number of fused-ring (bicyclic) bond motifs is 1. The van der Waals surface area contributed by atoms with Gasteiger partial charge in [-0.1, -0.05) is 36.4 Å². The molecule has 1 amide bonds. The van der Waals surface area contributed by atoms with Crippen molar-refractivity contribution in [2.75, 3.05) is 23.7 Å². The molecule has 0 saturated heterocycles. The number of hydrogen-bond donors (Lipinski definition) is 3. The van der Waals surface area contributed by atoms with Gasteiger partial charge in [-0.15, -0.1) is 0 Å². The predicted molar refractivity (Wildman–Crippen MR) is 116 cm³/mol. The first kappa shape index (κ1) is 20.6. The Bertz CT molecular complexity index is 1140. The van der Waals surface area contributed by atoms with Crippen LogP contribution in [0.5, 0.6) is 0 Å². The maximum Gasteiger partial charge on any atom is 0.262 e. The molecule has 29 heavy (non-hydrogen) atoms. The molecule has 0 heterocycles. The summed E-state index contributed by atoms with van der Waals surface area (Å²) in [6.45, 7) is 0. The van der Waals surface area contributed by atoms with Crippen LogP contribution in [0.3, 0.4) is 0 Å². The Hall–Kier alpha value is -3.10. The van der Waals surface area contributed by atoms with E-state index in [1.54, 1.807) is 42.5 Å². The Morgan fingerprint density at radius 3 is 2.24 bits per heavy atom. The van der Waals surface area contributed by atoms with Crippen molar-refractivity contribution in [1.82, 2.24) is 0 Å². The van der Waals surface area contributed by atoms with Crippen molar-refractivity contribution in [3.63, 3.8) is 0 Å². The van der Waals surface area contributed by atoms with Gasteiger partial charge < -0.3 is 16.4 Å². The predicted octanol–water partition coefficient (Wildman–Crippen LogP) is 2.06. The zero-order valence-corrected chi connectivity index (χ0v) is 17.1. The number of carbonyl (C=O) groups excluding carboxylic acids is 1. The highest BCUT2D eigenvalue weighted by Gasteiger charge is 2.19. The van der Waals surface area contributed by atoms with E-state index >= 15 is 0 Å². The number of benzene rings is 3. The Morgan fingerprint density at radius 1 is 1.00 bits per heavy atom. The molecule has 0 fully saturated rings. The largest absolute Gasteiger partial charge is 0.377 e. The van der Waals surface area contributed by atoms with Crippen molar-refractivity contribution >= 4 is 38.1 Å². The van der Waals surface area contributed by atoms with Gasteiger partial charge in [0.25, 0.3) is 10.0 Å². The molecule has 0 saturated carbocycles. The first-order valence-electron chi connectivity index (χ1n) is 9.05. The number of hydrogen-bond acceptors (Lipinski definition) is 5. The second-order valence-corrected chi connectivity index (χ2v) is 8.69. The van der Waals surface area contributed by atoms with Crippen LogP contribution < -0.4 is 21.1 Å². The highest BCUT2D eigenvalue weighted by atomic mass is 32.2. The number of anilines is 2. The van der Waals surface area contributed by atoms with Gasteiger partial charge in [-0.2, -0.15) is 0 Å². The van der Waals surface area contributed by atoms with Crippen molar-refractivity contribution in [3.8, 4) is 0 Å². The molecular formula is C21H24N4O3S. The molecule has 0 radical (unpaired) electrons. The molecule has 5 N–H and O–H groups in total. The maximum atomic E-state index is 13.0. The molecule has 0 aliphatic heterocycles. The minimum absolute atomic E-state index is 0.207. The molecular weight excluding hydrogens is 388 g/mol. The highest BCUT2D eigenvalue weighted by Crippen LogP contribution is 2.31. The summed E-state index contributed by atoms with van der Waals surface area (Å²) in [5, 5.41) is 1.51. The van der Waals surface area contributed by atoms with Crippen LogP contribution in [0.25, 0.3) is 10.8 Å². The monoisotopic (exact) mass is 412 g/mol. The topological polar surface area (TPSA) is 119 Å².